The highest BCUT2D eigenvalue weighted by Crippen LogP contribution is 2.33. The van der Waals surface area contributed by atoms with Gasteiger partial charge in [-0.05, 0) is 30.4 Å². The van der Waals surface area contributed by atoms with E-state index in [-0.39, 0.29) is 41.3 Å². The quantitative estimate of drug-likeness (QED) is 0.603. The summed E-state index contributed by atoms with van der Waals surface area (Å²) in [5.41, 5.74) is -0.00601. The van der Waals surface area contributed by atoms with Crippen molar-refractivity contribution >= 4 is 21.4 Å². The molecule has 2 rings (SSSR count). The van der Waals surface area contributed by atoms with Crippen LogP contribution in [0.25, 0.3) is 0 Å². The Balaban J connectivity index is 2.41. The molecule has 25 heavy (non-hydrogen) atoms. The van der Waals surface area contributed by atoms with E-state index >= 15 is 0 Å². The van der Waals surface area contributed by atoms with E-state index in [0.29, 0.717) is 13.1 Å². The summed E-state index contributed by atoms with van der Waals surface area (Å²) >= 11 is 0. The third-order valence-electron chi connectivity index (χ3n) is 4.46. The third kappa shape index (κ3) is 4.28. The highest BCUT2D eigenvalue weighted by molar-refractivity contribution is 7.89. The number of hydrogen-bond acceptors (Lipinski definition) is 6. The van der Waals surface area contributed by atoms with Gasteiger partial charge in [-0.25, -0.2) is 8.42 Å². The van der Waals surface area contributed by atoms with E-state index < -0.39 is 14.9 Å². The molecule has 1 heterocycles. The molecule has 1 aromatic carbocycles. The first-order valence-corrected chi connectivity index (χ1v) is 9.71. The molecule has 0 aliphatic carbocycles. The number of sulfonamides is 1. The molecule has 1 aromatic rings. The van der Waals surface area contributed by atoms with Crippen molar-refractivity contribution < 1.29 is 18.4 Å². The summed E-state index contributed by atoms with van der Waals surface area (Å²) in [4.78, 5) is 12.3. The van der Waals surface area contributed by atoms with Crippen molar-refractivity contribution in [2.24, 2.45) is 11.8 Å². The van der Waals surface area contributed by atoms with Gasteiger partial charge in [-0.2, -0.15) is 4.31 Å². The lowest BCUT2D eigenvalue weighted by molar-refractivity contribution is -0.384. The van der Waals surface area contributed by atoms with Crippen LogP contribution in [0.1, 0.15) is 20.3 Å². The van der Waals surface area contributed by atoms with Gasteiger partial charge in [0.05, 0.1) is 16.4 Å². The lowest BCUT2D eigenvalue weighted by Gasteiger charge is -2.34. The van der Waals surface area contributed by atoms with E-state index in [0.717, 1.165) is 12.5 Å². The third-order valence-corrected chi connectivity index (χ3v) is 6.29. The second-order valence-corrected chi connectivity index (χ2v) is 8.76. The van der Waals surface area contributed by atoms with Crippen LogP contribution in [-0.2, 0) is 10.0 Å². The fourth-order valence-electron chi connectivity index (χ4n) is 3.35. The number of nitro groups is 1. The van der Waals surface area contributed by atoms with Gasteiger partial charge in [0.15, 0.2) is 0 Å². The van der Waals surface area contributed by atoms with Gasteiger partial charge in [0.2, 0.25) is 10.0 Å². The van der Waals surface area contributed by atoms with Gasteiger partial charge in [0, 0.05) is 32.7 Å². The predicted molar refractivity (Wildman–Crippen MR) is 95.2 cm³/mol. The van der Waals surface area contributed by atoms with E-state index in [4.69, 9.17) is 5.11 Å². The number of nitro benzene ring substituents is 1. The maximum Gasteiger partial charge on any atom is 0.293 e. The number of anilines is 1. The number of aliphatic hydroxyl groups is 1. The van der Waals surface area contributed by atoms with Gasteiger partial charge in [0.25, 0.3) is 5.69 Å². The SMILES string of the molecule is C[C@H]1C[C@H](C)CN(S(=O)(=O)c2ccc(N(C)CCO)c([N+](=O)[O-])c2)C1. The Labute approximate surface area is 148 Å². The van der Waals surface area contributed by atoms with Crippen molar-refractivity contribution in [3.63, 3.8) is 0 Å². The van der Waals surface area contributed by atoms with Crippen molar-refractivity contribution in [2.75, 3.05) is 38.2 Å². The Morgan fingerprint density at radius 2 is 1.92 bits per heavy atom. The van der Waals surface area contributed by atoms with Crippen molar-refractivity contribution in [2.45, 2.75) is 25.2 Å². The molecule has 0 unspecified atom stereocenters. The summed E-state index contributed by atoms with van der Waals surface area (Å²) in [5, 5.41) is 20.4. The van der Waals surface area contributed by atoms with Crippen molar-refractivity contribution in [1.82, 2.24) is 4.31 Å². The molecule has 1 aliphatic heterocycles. The van der Waals surface area contributed by atoms with Crippen LogP contribution in [0.2, 0.25) is 0 Å². The molecule has 140 valence electrons. The van der Waals surface area contributed by atoms with Crippen LogP contribution in [0.3, 0.4) is 0 Å². The summed E-state index contributed by atoms with van der Waals surface area (Å²) < 4.78 is 27.2. The van der Waals surface area contributed by atoms with Crippen LogP contribution in [0.5, 0.6) is 0 Å². The molecule has 0 saturated carbocycles. The molecular weight excluding hydrogens is 346 g/mol. The van der Waals surface area contributed by atoms with Crippen LogP contribution >= 0.6 is 0 Å². The number of aliphatic hydroxyl groups excluding tert-OH is 1. The van der Waals surface area contributed by atoms with Crippen molar-refractivity contribution in [3.8, 4) is 0 Å². The Morgan fingerprint density at radius 3 is 2.44 bits per heavy atom. The zero-order valence-corrected chi connectivity index (χ0v) is 15.6. The molecule has 0 bridgehead atoms. The maximum atomic E-state index is 12.9. The topological polar surface area (TPSA) is 104 Å². The molecule has 1 fully saturated rings. The Kier molecular flexibility index (Phi) is 6.02. The van der Waals surface area contributed by atoms with Crippen molar-refractivity contribution in [1.29, 1.82) is 0 Å². The highest BCUT2D eigenvalue weighted by Gasteiger charge is 2.33. The number of nitrogens with zero attached hydrogens (tertiary/aromatic N) is 3. The first kappa shape index (κ1) is 19.6. The minimum atomic E-state index is -3.78. The van der Waals surface area contributed by atoms with E-state index in [9.17, 15) is 18.5 Å². The summed E-state index contributed by atoms with van der Waals surface area (Å²) in [6, 6.07) is 3.94. The standard InChI is InChI=1S/C16H25N3O5S/c1-12-8-13(2)11-18(10-12)25(23,24)14-4-5-15(17(3)6-7-20)16(9-14)19(21)22/h4-5,9,12-13,20H,6-8,10-11H2,1-3H3/t12-,13-/m0/s1. The molecule has 0 amide bonds. The molecule has 2 atom stereocenters. The molecule has 9 heteroatoms. The van der Waals surface area contributed by atoms with E-state index in [1.807, 2.05) is 13.8 Å². The normalized spacial score (nSPS) is 21.9. The van der Waals surface area contributed by atoms with E-state index in [2.05, 4.69) is 0 Å². The van der Waals surface area contributed by atoms with Crippen LogP contribution in [-0.4, -0.2) is 56.0 Å². The van der Waals surface area contributed by atoms with Crippen LogP contribution in [0, 0.1) is 22.0 Å². The Bertz CT molecular complexity index is 727. The Hall–Kier alpha value is -1.71. The Morgan fingerprint density at radius 1 is 1.32 bits per heavy atom. The van der Waals surface area contributed by atoms with Crippen LogP contribution in [0.4, 0.5) is 11.4 Å². The monoisotopic (exact) mass is 371 g/mol. The average molecular weight is 371 g/mol. The van der Waals surface area contributed by atoms with E-state index in [1.54, 1.807) is 7.05 Å². The van der Waals surface area contributed by atoms with Crippen molar-refractivity contribution in [3.05, 3.63) is 28.3 Å². The molecular formula is C16H25N3O5S. The molecule has 0 spiro atoms. The highest BCUT2D eigenvalue weighted by atomic mass is 32.2. The molecule has 1 aliphatic rings. The minimum Gasteiger partial charge on any atom is -0.395 e. The zero-order valence-electron chi connectivity index (χ0n) is 14.8. The first-order chi connectivity index (χ1) is 11.7. The molecule has 1 N–H and O–H groups in total. The van der Waals surface area contributed by atoms with Gasteiger partial charge in [0.1, 0.15) is 5.69 Å². The first-order valence-electron chi connectivity index (χ1n) is 8.27. The van der Waals surface area contributed by atoms with Gasteiger partial charge in [-0.15, -0.1) is 0 Å². The van der Waals surface area contributed by atoms with E-state index in [1.165, 1.54) is 21.3 Å². The summed E-state index contributed by atoms with van der Waals surface area (Å²) in [5.74, 6) is 0.506. The molecule has 0 radical (unpaired) electrons. The summed E-state index contributed by atoms with van der Waals surface area (Å²) in [7, 11) is -2.17. The lowest BCUT2D eigenvalue weighted by atomic mass is 9.94. The number of rotatable bonds is 6. The van der Waals surface area contributed by atoms with Gasteiger partial charge < -0.3 is 10.0 Å². The fourth-order valence-corrected chi connectivity index (χ4v) is 5.05. The molecule has 1 saturated heterocycles. The lowest BCUT2D eigenvalue weighted by Crippen LogP contribution is -2.42. The minimum absolute atomic E-state index is 0.0679. The largest absolute Gasteiger partial charge is 0.395 e. The average Bonchev–Trinajstić information content (AvgIpc) is 2.53. The molecule has 8 nitrogen and oxygen atoms in total. The number of benzene rings is 1. The van der Waals surface area contributed by atoms with Gasteiger partial charge in [-0.3, -0.25) is 10.1 Å². The second-order valence-electron chi connectivity index (χ2n) is 6.82. The van der Waals surface area contributed by atoms with Gasteiger partial charge in [-0.1, -0.05) is 13.8 Å². The fraction of sp³-hybridized carbons (Fsp3) is 0.625. The summed E-state index contributed by atoms with van der Waals surface area (Å²) in [6.45, 7) is 4.92. The predicted octanol–water partition coefficient (Wildman–Crippen LogP) is 1.69. The van der Waals surface area contributed by atoms with Crippen LogP contribution < -0.4 is 4.90 Å². The molecule has 0 aromatic heterocycles. The zero-order chi connectivity index (χ0) is 18.8. The second kappa shape index (κ2) is 7.67. The van der Waals surface area contributed by atoms with Crippen LogP contribution in [0.15, 0.2) is 23.1 Å². The van der Waals surface area contributed by atoms with Gasteiger partial charge >= 0.3 is 0 Å². The number of hydrogen-bond donors (Lipinski definition) is 1. The number of likely N-dealkylation sites (N-methyl/N-ethyl adjacent to an activating group) is 1. The number of piperidine rings is 1. The smallest absolute Gasteiger partial charge is 0.293 e. The summed E-state index contributed by atoms with van der Waals surface area (Å²) in [6.07, 6.45) is 0.969. The maximum absolute atomic E-state index is 12.9.